The molecule has 3 heteroatoms. The Hall–Kier alpha value is -0.540. The summed E-state index contributed by atoms with van der Waals surface area (Å²) in [6.45, 7) is 5.60. The van der Waals surface area contributed by atoms with Crippen molar-refractivity contribution in [3.63, 3.8) is 0 Å². The minimum atomic E-state index is -0.0947. The first kappa shape index (κ1) is 12.9. The number of rotatable bonds is 7. The normalized spacial score (nSPS) is 15.5. The van der Waals surface area contributed by atoms with Crippen LogP contribution in [0.2, 0.25) is 0 Å². The van der Waals surface area contributed by atoms with E-state index in [1.807, 2.05) is 12.1 Å². The first-order chi connectivity index (χ1) is 8.29. The van der Waals surface area contributed by atoms with Crippen molar-refractivity contribution in [2.75, 3.05) is 25.4 Å². The van der Waals surface area contributed by atoms with E-state index >= 15 is 0 Å². The van der Waals surface area contributed by atoms with E-state index in [2.05, 4.69) is 11.8 Å². The highest BCUT2D eigenvalue weighted by Gasteiger charge is 2.23. The van der Waals surface area contributed by atoms with Crippen molar-refractivity contribution < 1.29 is 4.39 Å². The molecule has 17 heavy (non-hydrogen) atoms. The van der Waals surface area contributed by atoms with Crippen molar-refractivity contribution in [1.29, 1.82) is 0 Å². The van der Waals surface area contributed by atoms with E-state index in [1.54, 1.807) is 17.8 Å². The Balaban J connectivity index is 1.72. The minimum Gasteiger partial charge on any atom is -0.303 e. The van der Waals surface area contributed by atoms with Gasteiger partial charge in [0.25, 0.3) is 0 Å². The van der Waals surface area contributed by atoms with Gasteiger partial charge >= 0.3 is 0 Å². The molecule has 1 saturated carbocycles. The summed E-state index contributed by atoms with van der Waals surface area (Å²) in [4.78, 5) is 3.25. The van der Waals surface area contributed by atoms with Gasteiger partial charge in [-0.1, -0.05) is 19.1 Å². The third-order valence-electron chi connectivity index (χ3n) is 3.16. The van der Waals surface area contributed by atoms with Gasteiger partial charge in [-0.05, 0) is 37.4 Å². The second-order valence-corrected chi connectivity index (χ2v) is 5.75. The largest absolute Gasteiger partial charge is 0.303 e. The van der Waals surface area contributed by atoms with Crippen LogP contribution in [-0.2, 0) is 0 Å². The Morgan fingerprint density at radius 2 is 2.12 bits per heavy atom. The summed E-state index contributed by atoms with van der Waals surface area (Å²) in [6, 6.07) is 7.03. The maximum absolute atomic E-state index is 13.4. The summed E-state index contributed by atoms with van der Waals surface area (Å²) in [5, 5.41) is 0. The summed E-state index contributed by atoms with van der Waals surface area (Å²) in [5.74, 6) is 1.82. The molecule has 0 saturated heterocycles. The SMILES string of the molecule is CCN(CCSc1ccccc1F)CC1CC1. The van der Waals surface area contributed by atoms with E-state index < -0.39 is 0 Å². The molecule has 0 atom stereocenters. The zero-order valence-corrected chi connectivity index (χ0v) is 11.2. The molecule has 1 aliphatic carbocycles. The molecule has 0 heterocycles. The highest BCUT2D eigenvalue weighted by molar-refractivity contribution is 7.99. The maximum atomic E-state index is 13.4. The van der Waals surface area contributed by atoms with E-state index in [0.29, 0.717) is 0 Å². The van der Waals surface area contributed by atoms with Gasteiger partial charge in [0.1, 0.15) is 5.82 Å². The van der Waals surface area contributed by atoms with E-state index in [4.69, 9.17) is 0 Å². The Morgan fingerprint density at radius 3 is 2.76 bits per heavy atom. The van der Waals surface area contributed by atoms with Crippen LogP contribution in [0, 0.1) is 11.7 Å². The Kier molecular flexibility index (Phi) is 4.86. The van der Waals surface area contributed by atoms with Crippen molar-refractivity contribution in [3.8, 4) is 0 Å². The third-order valence-corrected chi connectivity index (χ3v) is 4.19. The number of hydrogen-bond acceptors (Lipinski definition) is 2. The Labute approximate surface area is 107 Å². The standard InChI is InChI=1S/C14H20FNS/c1-2-16(11-12-7-8-12)9-10-17-14-6-4-3-5-13(14)15/h3-6,12H,2,7-11H2,1H3. The molecule has 0 aromatic heterocycles. The number of benzene rings is 1. The van der Waals surface area contributed by atoms with Gasteiger partial charge in [-0.25, -0.2) is 4.39 Å². The van der Waals surface area contributed by atoms with Gasteiger partial charge in [0.2, 0.25) is 0 Å². The van der Waals surface area contributed by atoms with Crippen molar-refractivity contribution in [2.24, 2.45) is 5.92 Å². The number of thioether (sulfide) groups is 1. The lowest BCUT2D eigenvalue weighted by molar-refractivity contribution is 0.294. The van der Waals surface area contributed by atoms with Crippen LogP contribution < -0.4 is 0 Å². The van der Waals surface area contributed by atoms with E-state index in [9.17, 15) is 4.39 Å². The molecule has 0 N–H and O–H groups in total. The van der Waals surface area contributed by atoms with Crippen LogP contribution in [0.4, 0.5) is 4.39 Å². The molecule has 1 fully saturated rings. The second-order valence-electron chi connectivity index (χ2n) is 4.62. The fraction of sp³-hybridized carbons (Fsp3) is 0.571. The summed E-state index contributed by atoms with van der Waals surface area (Å²) in [6.07, 6.45) is 2.80. The quantitative estimate of drug-likeness (QED) is 0.682. The fourth-order valence-electron chi connectivity index (χ4n) is 1.89. The van der Waals surface area contributed by atoms with Gasteiger partial charge < -0.3 is 4.90 Å². The molecule has 1 aromatic carbocycles. The highest BCUT2D eigenvalue weighted by Crippen LogP contribution is 2.30. The van der Waals surface area contributed by atoms with Crippen LogP contribution in [-0.4, -0.2) is 30.3 Å². The van der Waals surface area contributed by atoms with Crippen LogP contribution in [0.15, 0.2) is 29.2 Å². The molecule has 0 bridgehead atoms. The molecular weight excluding hydrogens is 233 g/mol. The van der Waals surface area contributed by atoms with Gasteiger partial charge in [0, 0.05) is 23.7 Å². The first-order valence-corrected chi connectivity index (χ1v) is 7.38. The summed E-state index contributed by atoms with van der Waals surface area (Å²) >= 11 is 1.62. The minimum absolute atomic E-state index is 0.0947. The van der Waals surface area contributed by atoms with Crippen molar-refractivity contribution >= 4 is 11.8 Å². The molecule has 0 spiro atoms. The fourth-order valence-corrected chi connectivity index (χ4v) is 2.84. The van der Waals surface area contributed by atoms with Crippen LogP contribution >= 0.6 is 11.8 Å². The Bertz CT molecular complexity index is 352. The molecule has 2 rings (SSSR count). The lowest BCUT2D eigenvalue weighted by atomic mass is 10.3. The van der Waals surface area contributed by atoms with E-state index in [1.165, 1.54) is 25.5 Å². The molecule has 1 aliphatic rings. The van der Waals surface area contributed by atoms with Gasteiger partial charge in [0.05, 0.1) is 0 Å². The number of halogens is 1. The van der Waals surface area contributed by atoms with Gasteiger partial charge in [-0.15, -0.1) is 11.8 Å². The average molecular weight is 253 g/mol. The average Bonchev–Trinajstić information content (AvgIpc) is 3.14. The van der Waals surface area contributed by atoms with Gasteiger partial charge in [-0.2, -0.15) is 0 Å². The topological polar surface area (TPSA) is 3.24 Å². The Morgan fingerprint density at radius 1 is 1.35 bits per heavy atom. The molecule has 1 nitrogen and oxygen atoms in total. The first-order valence-electron chi connectivity index (χ1n) is 6.39. The summed E-state index contributed by atoms with van der Waals surface area (Å²) in [7, 11) is 0. The van der Waals surface area contributed by atoms with Gasteiger partial charge in [-0.3, -0.25) is 0 Å². The van der Waals surface area contributed by atoms with E-state index in [0.717, 1.165) is 29.7 Å². The molecular formula is C14H20FNS. The molecule has 0 amide bonds. The lowest BCUT2D eigenvalue weighted by Crippen LogP contribution is -2.28. The van der Waals surface area contributed by atoms with Gasteiger partial charge in [0.15, 0.2) is 0 Å². The second kappa shape index (κ2) is 6.41. The molecule has 1 aromatic rings. The van der Waals surface area contributed by atoms with Crippen LogP contribution in [0.3, 0.4) is 0 Å². The molecule has 0 aliphatic heterocycles. The smallest absolute Gasteiger partial charge is 0.136 e. The van der Waals surface area contributed by atoms with Crippen molar-refractivity contribution in [1.82, 2.24) is 4.90 Å². The predicted octanol–water partition coefficient (Wildman–Crippen LogP) is 3.65. The van der Waals surface area contributed by atoms with Crippen LogP contribution in [0.1, 0.15) is 19.8 Å². The summed E-state index contributed by atoms with van der Waals surface area (Å²) < 4.78 is 13.4. The zero-order chi connectivity index (χ0) is 12.1. The number of nitrogens with zero attached hydrogens (tertiary/aromatic N) is 1. The molecule has 94 valence electrons. The van der Waals surface area contributed by atoms with Crippen molar-refractivity contribution in [3.05, 3.63) is 30.1 Å². The number of hydrogen-bond donors (Lipinski definition) is 0. The highest BCUT2D eigenvalue weighted by atomic mass is 32.2. The zero-order valence-electron chi connectivity index (χ0n) is 10.4. The molecule has 0 radical (unpaired) electrons. The third kappa shape index (κ3) is 4.32. The van der Waals surface area contributed by atoms with Crippen LogP contribution in [0.5, 0.6) is 0 Å². The van der Waals surface area contributed by atoms with E-state index in [-0.39, 0.29) is 5.82 Å². The van der Waals surface area contributed by atoms with Crippen molar-refractivity contribution in [2.45, 2.75) is 24.7 Å². The maximum Gasteiger partial charge on any atom is 0.136 e. The van der Waals surface area contributed by atoms with Crippen LogP contribution in [0.25, 0.3) is 0 Å². The molecule has 0 unspecified atom stereocenters. The monoisotopic (exact) mass is 253 g/mol. The summed E-state index contributed by atoms with van der Waals surface area (Å²) in [5.41, 5.74) is 0. The predicted molar refractivity (Wildman–Crippen MR) is 72.0 cm³/mol. The lowest BCUT2D eigenvalue weighted by Gasteiger charge is -2.19.